The smallest absolute Gasteiger partial charge is 0.254 e. The van der Waals surface area contributed by atoms with Gasteiger partial charge < -0.3 is 0 Å². The van der Waals surface area contributed by atoms with Crippen LogP contribution in [0.25, 0.3) is 17.0 Å². The fraction of sp³-hybridized carbons (Fsp3) is 0.421. The molecule has 5 rings (SSSR count). The molecule has 5 heteroatoms. The summed E-state index contributed by atoms with van der Waals surface area (Å²) >= 11 is 0. The Labute approximate surface area is 139 Å². The van der Waals surface area contributed by atoms with Gasteiger partial charge in [-0.3, -0.25) is 4.40 Å². The highest BCUT2D eigenvalue weighted by Crippen LogP contribution is 2.66. The van der Waals surface area contributed by atoms with Gasteiger partial charge in [-0.25, -0.2) is 9.37 Å². The van der Waals surface area contributed by atoms with Crippen molar-refractivity contribution < 1.29 is 4.39 Å². The standard InChI is InChI=1S/C19H19FN4/c1-18(2)13-8-9-19(18,3)16-15(13)22-23-17-21-14(10-24(16)17)11-4-6-12(20)7-5-11/h4-7,10,13H,8-9H2,1-3H3/t13-,19-/m1/s1. The second-order valence-corrected chi connectivity index (χ2v) is 7.88. The van der Waals surface area contributed by atoms with Gasteiger partial charge in [0.2, 0.25) is 0 Å². The van der Waals surface area contributed by atoms with E-state index in [4.69, 9.17) is 0 Å². The largest absolute Gasteiger partial charge is 0.284 e. The van der Waals surface area contributed by atoms with E-state index in [1.807, 2.05) is 6.20 Å². The monoisotopic (exact) mass is 322 g/mol. The molecule has 0 amide bonds. The van der Waals surface area contributed by atoms with Gasteiger partial charge in [0.25, 0.3) is 5.78 Å². The van der Waals surface area contributed by atoms with Gasteiger partial charge in [0.1, 0.15) is 5.82 Å². The van der Waals surface area contributed by atoms with Gasteiger partial charge in [0.15, 0.2) is 0 Å². The molecule has 1 fully saturated rings. The third-order valence-corrected chi connectivity index (χ3v) is 6.64. The molecule has 3 aromatic rings. The van der Waals surface area contributed by atoms with E-state index in [-0.39, 0.29) is 16.6 Å². The fourth-order valence-electron chi connectivity index (χ4n) is 4.82. The first-order valence-electron chi connectivity index (χ1n) is 8.44. The topological polar surface area (TPSA) is 43.1 Å². The number of halogens is 1. The Morgan fingerprint density at radius 3 is 2.62 bits per heavy atom. The van der Waals surface area contributed by atoms with Gasteiger partial charge in [-0.15, -0.1) is 10.2 Å². The highest BCUT2D eigenvalue weighted by Gasteiger charge is 2.61. The Bertz CT molecular complexity index is 973. The Hall–Kier alpha value is -2.30. The first-order chi connectivity index (χ1) is 11.4. The van der Waals surface area contributed by atoms with Gasteiger partial charge in [0, 0.05) is 23.1 Å². The number of benzene rings is 1. The summed E-state index contributed by atoms with van der Waals surface area (Å²) in [4.78, 5) is 4.62. The van der Waals surface area contributed by atoms with Gasteiger partial charge in [-0.2, -0.15) is 0 Å². The van der Waals surface area contributed by atoms with Crippen molar-refractivity contribution in [3.05, 3.63) is 47.7 Å². The van der Waals surface area contributed by atoms with Gasteiger partial charge in [0.05, 0.1) is 17.1 Å². The Kier molecular flexibility index (Phi) is 2.47. The molecule has 1 aromatic carbocycles. The normalized spacial score (nSPS) is 26.9. The first-order valence-corrected chi connectivity index (χ1v) is 8.44. The molecular weight excluding hydrogens is 303 g/mol. The van der Waals surface area contributed by atoms with Crippen LogP contribution < -0.4 is 0 Å². The van der Waals surface area contributed by atoms with Crippen LogP contribution in [-0.4, -0.2) is 19.6 Å². The van der Waals surface area contributed by atoms with Crippen LogP contribution in [0.1, 0.15) is 50.9 Å². The van der Waals surface area contributed by atoms with Crippen LogP contribution in [0.5, 0.6) is 0 Å². The minimum Gasteiger partial charge on any atom is -0.284 e. The van der Waals surface area contributed by atoms with E-state index in [2.05, 4.69) is 40.4 Å². The zero-order chi connectivity index (χ0) is 16.7. The summed E-state index contributed by atoms with van der Waals surface area (Å²) in [5.74, 6) is 0.846. The molecule has 0 saturated heterocycles. The van der Waals surface area contributed by atoms with Crippen molar-refractivity contribution in [2.24, 2.45) is 5.41 Å². The zero-order valence-corrected chi connectivity index (χ0v) is 14.0. The second kappa shape index (κ2) is 4.21. The van der Waals surface area contributed by atoms with E-state index < -0.39 is 0 Å². The lowest BCUT2D eigenvalue weighted by molar-refractivity contribution is 0.225. The summed E-state index contributed by atoms with van der Waals surface area (Å²) in [6.45, 7) is 7.03. The first kappa shape index (κ1) is 14.1. The van der Waals surface area contributed by atoms with Crippen LogP contribution in [0, 0.1) is 11.2 Å². The number of nitrogens with zero attached hydrogens (tertiary/aromatic N) is 4. The molecule has 0 radical (unpaired) electrons. The third kappa shape index (κ3) is 1.50. The number of hydrogen-bond acceptors (Lipinski definition) is 3. The molecule has 0 spiro atoms. The highest BCUT2D eigenvalue weighted by atomic mass is 19.1. The average molecular weight is 322 g/mol. The summed E-state index contributed by atoms with van der Waals surface area (Å²) in [7, 11) is 0. The van der Waals surface area contributed by atoms with Crippen LogP contribution >= 0.6 is 0 Å². The molecule has 2 bridgehead atoms. The van der Waals surface area contributed by atoms with Crippen LogP contribution in [0.15, 0.2) is 30.5 Å². The van der Waals surface area contributed by atoms with Crippen LogP contribution in [0.4, 0.5) is 4.39 Å². The van der Waals surface area contributed by atoms with E-state index in [0.29, 0.717) is 11.7 Å². The molecule has 2 heterocycles. The zero-order valence-electron chi connectivity index (χ0n) is 14.0. The lowest BCUT2D eigenvalue weighted by atomic mass is 9.70. The molecule has 1 saturated carbocycles. The van der Waals surface area contributed by atoms with Gasteiger partial charge in [-0.05, 0) is 42.5 Å². The Balaban J connectivity index is 1.76. The summed E-state index contributed by atoms with van der Waals surface area (Å²) in [5, 5.41) is 8.90. The molecule has 2 atom stereocenters. The molecule has 0 unspecified atom stereocenters. The molecule has 122 valence electrons. The minimum atomic E-state index is -0.241. The van der Waals surface area contributed by atoms with Crippen molar-refractivity contribution in [1.29, 1.82) is 0 Å². The fourth-order valence-corrected chi connectivity index (χ4v) is 4.82. The van der Waals surface area contributed by atoms with Crippen LogP contribution in [-0.2, 0) is 5.41 Å². The third-order valence-electron chi connectivity index (χ3n) is 6.64. The molecular formula is C19H19FN4. The maximum atomic E-state index is 13.2. The van der Waals surface area contributed by atoms with Crippen molar-refractivity contribution >= 4 is 5.78 Å². The van der Waals surface area contributed by atoms with Crippen molar-refractivity contribution in [2.75, 3.05) is 0 Å². The summed E-state index contributed by atoms with van der Waals surface area (Å²) in [6.07, 6.45) is 4.37. The average Bonchev–Trinajstić information content (AvgIpc) is 3.13. The van der Waals surface area contributed by atoms with Gasteiger partial charge in [-0.1, -0.05) is 20.8 Å². The number of hydrogen-bond donors (Lipinski definition) is 0. The molecule has 2 aliphatic rings. The summed E-state index contributed by atoms with van der Waals surface area (Å²) in [6, 6.07) is 6.43. The van der Waals surface area contributed by atoms with E-state index >= 15 is 0 Å². The summed E-state index contributed by atoms with van der Waals surface area (Å²) < 4.78 is 15.3. The maximum Gasteiger partial charge on any atom is 0.254 e. The maximum absolute atomic E-state index is 13.2. The number of aromatic nitrogens is 4. The number of imidazole rings is 1. The molecule has 24 heavy (non-hydrogen) atoms. The number of rotatable bonds is 1. The Morgan fingerprint density at radius 1 is 1.12 bits per heavy atom. The molecule has 4 nitrogen and oxygen atoms in total. The van der Waals surface area contributed by atoms with Crippen molar-refractivity contribution in [3.63, 3.8) is 0 Å². The quantitative estimate of drug-likeness (QED) is 0.677. The van der Waals surface area contributed by atoms with Crippen LogP contribution in [0.2, 0.25) is 0 Å². The van der Waals surface area contributed by atoms with E-state index in [1.54, 1.807) is 12.1 Å². The lowest BCUT2D eigenvalue weighted by Crippen LogP contribution is -2.32. The molecule has 2 aromatic heterocycles. The molecule has 2 aliphatic carbocycles. The molecule has 0 N–H and O–H groups in total. The number of fused-ring (bicyclic) bond motifs is 7. The van der Waals surface area contributed by atoms with E-state index in [1.165, 1.54) is 30.7 Å². The Morgan fingerprint density at radius 2 is 1.88 bits per heavy atom. The minimum absolute atomic E-state index is 0.0853. The molecule has 0 aliphatic heterocycles. The predicted octanol–water partition coefficient (Wildman–Crippen LogP) is 4.11. The SMILES string of the molecule is CC1(C)[C@@H]2CC[C@]1(C)c1c2nnc2nc(-c3ccc(F)cc3)cn12. The van der Waals surface area contributed by atoms with Crippen LogP contribution in [0.3, 0.4) is 0 Å². The van der Waals surface area contributed by atoms with E-state index in [0.717, 1.165) is 17.0 Å². The second-order valence-electron chi connectivity index (χ2n) is 7.88. The van der Waals surface area contributed by atoms with Gasteiger partial charge >= 0.3 is 0 Å². The summed E-state index contributed by atoms with van der Waals surface area (Å²) in [5.41, 5.74) is 4.35. The van der Waals surface area contributed by atoms with Crippen molar-refractivity contribution in [2.45, 2.75) is 44.9 Å². The predicted molar refractivity (Wildman–Crippen MR) is 89.3 cm³/mol. The lowest BCUT2D eigenvalue weighted by Gasteiger charge is -2.34. The van der Waals surface area contributed by atoms with Crippen molar-refractivity contribution in [1.82, 2.24) is 19.6 Å². The van der Waals surface area contributed by atoms with Crippen molar-refractivity contribution in [3.8, 4) is 11.3 Å². The highest BCUT2D eigenvalue weighted by molar-refractivity contribution is 5.62. The van der Waals surface area contributed by atoms with E-state index in [9.17, 15) is 4.39 Å².